The highest BCUT2D eigenvalue weighted by Gasteiger charge is 2.05. The van der Waals surface area contributed by atoms with Crippen LogP contribution >= 0.6 is 15.9 Å². The molecule has 0 bridgehead atoms. The smallest absolute Gasteiger partial charge is 0.262 e. The third kappa shape index (κ3) is 6.63. The molecule has 1 N–H and O–H groups in total. The number of carbonyl (C=O) groups excluding carboxylic acids is 1. The summed E-state index contributed by atoms with van der Waals surface area (Å²) in [5, 5.41) is 2.80. The molecule has 0 saturated carbocycles. The Bertz CT molecular complexity index is 885. The molecule has 6 heteroatoms. The molecule has 3 rings (SSSR count). The number of hydrogen-bond donors (Lipinski definition) is 1. The molecule has 28 heavy (non-hydrogen) atoms. The highest BCUT2D eigenvalue weighted by atomic mass is 79.9. The Labute approximate surface area is 172 Å². The van der Waals surface area contributed by atoms with Gasteiger partial charge in [-0.15, -0.1) is 0 Å². The van der Waals surface area contributed by atoms with Crippen molar-refractivity contribution in [1.29, 1.82) is 0 Å². The summed E-state index contributed by atoms with van der Waals surface area (Å²) in [7, 11) is 0. The molecule has 0 radical (unpaired) electrons. The van der Waals surface area contributed by atoms with Gasteiger partial charge in [0.25, 0.3) is 5.91 Å². The molecule has 0 aliphatic carbocycles. The van der Waals surface area contributed by atoms with Gasteiger partial charge in [0.1, 0.15) is 30.5 Å². The zero-order valence-electron chi connectivity index (χ0n) is 15.1. The Morgan fingerprint density at radius 2 is 1.39 bits per heavy atom. The first-order valence-electron chi connectivity index (χ1n) is 8.78. The Morgan fingerprint density at radius 1 is 0.750 bits per heavy atom. The molecule has 0 aliphatic heterocycles. The van der Waals surface area contributed by atoms with Crippen LogP contribution in [0.5, 0.6) is 17.2 Å². The van der Waals surface area contributed by atoms with Gasteiger partial charge in [-0.3, -0.25) is 4.79 Å². The summed E-state index contributed by atoms with van der Waals surface area (Å²) < 4.78 is 17.7. The normalized spacial score (nSPS) is 10.2. The van der Waals surface area contributed by atoms with Crippen molar-refractivity contribution in [3.05, 3.63) is 83.3 Å². The molecule has 3 aromatic rings. The van der Waals surface area contributed by atoms with Crippen LogP contribution in [0.15, 0.2) is 83.3 Å². The minimum Gasteiger partial charge on any atom is -0.490 e. The Kier molecular flexibility index (Phi) is 7.32. The second-order valence-electron chi connectivity index (χ2n) is 5.83. The zero-order valence-corrected chi connectivity index (χ0v) is 16.7. The van der Waals surface area contributed by atoms with Crippen LogP contribution in [0, 0.1) is 0 Å². The number of amides is 1. The summed E-state index contributed by atoms with van der Waals surface area (Å²) in [4.78, 5) is 12.1. The second kappa shape index (κ2) is 10.4. The Morgan fingerprint density at radius 3 is 2.14 bits per heavy atom. The summed E-state index contributed by atoms with van der Waals surface area (Å²) >= 11 is 3.36. The minimum atomic E-state index is -0.243. The lowest BCUT2D eigenvalue weighted by Crippen LogP contribution is -2.20. The van der Waals surface area contributed by atoms with Gasteiger partial charge in [0.05, 0.1) is 0 Å². The molecule has 5 nitrogen and oxygen atoms in total. The van der Waals surface area contributed by atoms with E-state index in [2.05, 4.69) is 21.2 Å². The van der Waals surface area contributed by atoms with E-state index in [-0.39, 0.29) is 12.5 Å². The van der Waals surface area contributed by atoms with Gasteiger partial charge >= 0.3 is 0 Å². The molecule has 0 spiro atoms. The van der Waals surface area contributed by atoms with E-state index >= 15 is 0 Å². The second-order valence-corrected chi connectivity index (χ2v) is 6.74. The first kappa shape index (κ1) is 19.8. The maximum Gasteiger partial charge on any atom is 0.262 e. The molecule has 0 fully saturated rings. The standard InChI is InChI=1S/C22H20BrNO4/c23-17-9-11-20(12-10-17)28-16-22(25)24-18-5-4-8-21(15-18)27-14-13-26-19-6-2-1-3-7-19/h1-12,15H,13-14,16H2,(H,24,25). The van der Waals surface area contributed by atoms with E-state index in [9.17, 15) is 4.79 Å². The number of carbonyl (C=O) groups is 1. The van der Waals surface area contributed by atoms with Crippen LogP contribution in [-0.4, -0.2) is 25.7 Å². The van der Waals surface area contributed by atoms with Crippen molar-refractivity contribution < 1.29 is 19.0 Å². The average molecular weight is 442 g/mol. The van der Waals surface area contributed by atoms with Crippen molar-refractivity contribution >= 4 is 27.5 Å². The highest BCUT2D eigenvalue weighted by molar-refractivity contribution is 9.10. The molecular weight excluding hydrogens is 422 g/mol. The van der Waals surface area contributed by atoms with Gasteiger partial charge in [0.15, 0.2) is 6.61 Å². The van der Waals surface area contributed by atoms with Crippen LogP contribution in [0.4, 0.5) is 5.69 Å². The first-order valence-corrected chi connectivity index (χ1v) is 9.57. The summed E-state index contributed by atoms with van der Waals surface area (Å²) in [5.41, 5.74) is 0.644. The van der Waals surface area contributed by atoms with E-state index in [0.717, 1.165) is 10.2 Å². The van der Waals surface area contributed by atoms with Crippen LogP contribution in [0.2, 0.25) is 0 Å². The number of hydrogen-bond acceptors (Lipinski definition) is 4. The topological polar surface area (TPSA) is 56.8 Å². The van der Waals surface area contributed by atoms with Crippen molar-refractivity contribution in [2.75, 3.05) is 25.1 Å². The van der Waals surface area contributed by atoms with Gasteiger partial charge in [0, 0.05) is 16.2 Å². The Balaban J connectivity index is 1.42. The van der Waals surface area contributed by atoms with Gasteiger partial charge < -0.3 is 19.5 Å². The fourth-order valence-electron chi connectivity index (χ4n) is 2.38. The fourth-order valence-corrected chi connectivity index (χ4v) is 2.64. The van der Waals surface area contributed by atoms with Crippen LogP contribution in [0.25, 0.3) is 0 Å². The zero-order chi connectivity index (χ0) is 19.6. The minimum absolute atomic E-state index is 0.0718. The quantitative estimate of drug-likeness (QED) is 0.478. The van der Waals surface area contributed by atoms with E-state index in [4.69, 9.17) is 14.2 Å². The molecule has 0 heterocycles. The first-order chi connectivity index (χ1) is 13.7. The van der Waals surface area contributed by atoms with Crippen molar-refractivity contribution in [2.24, 2.45) is 0 Å². The molecule has 0 saturated heterocycles. The fraction of sp³-hybridized carbons (Fsp3) is 0.136. The van der Waals surface area contributed by atoms with Crippen LogP contribution < -0.4 is 19.5 Å². The monoisotopic (exact) mass is 441 g/mol. The number of para-hydroxylation sites is 1. The van der Waals surface area contributed by atoms with Gasteiger partial charge in [-0.1, -0.05) is 40.2 Å². The van der Waals surface area contributed by atoms with E-state index in [1.165, 1.54) is 0 Å². The maximum absolute atomic E-state index is 12.1. The SMILES string of the molecule is O=C(COc1ccc(Br)cc1)Nc1cccc(OCCOc2ccccc2)c1. The van der Waals surface area contributed by atoms with E-state index < -0.39 is 0 Å². The maximum atomic E-state index is 12.1. The summed E-state index contributed by atoms with van der Waals surface area (Å²) in [6, 6.07) is 24.1. The third-order valence-electron chi connectivity index (χ3n) is 3.67. The van der Waals surface area contributed by atoms with E-state index in [1.807, 2.05) is 54.6 Å². The highest BCUT2D eigenvalue weighted by Crippen LogP contribution is 2.18. The van der Waals surface area contributed by atoms with Crippen LogP contribution in [-0.2, 0) is 4.79 Å². The third-order valence-corrected chi connectivity index (χ3v) is 4.19. The van der Waals surface area contributed by atoms with E-state index in [0.29, 0.717) is 30.4 Å². The molecule has 144 valence electrons. The molecule has 0 unspecified atom stereocenters. The predicted molar refractivity (Wildman–Crippen MR) is 112 cm³/mol. The van der Waals surface area contributed by atoms with Crippen molar-refractivity contribution in [3.8, 4) is 17.2 Å². The number of anilines is 1. The number of ether oxygens (including phenoxy) is 3. The molecule has 0 aromatic heterocycles. The summed E-state index contributed by atoms with van der Waals surface area (Å²) in [5.74, 6) is 1.85. The molecule has 3 aromatic carbocycles. The lowest BCUT2D eigenvalue weighted by molar-refractivity contribution is -0.118. The largest absolute Gasteiger partial charge is 0.490 e. The number of rotatable bonds is 9. The molecular formula is C22H20BrNO4. The predicted octanol–water partition coefficient (Wildman–Crippen LogP) is 4.92. The molecule has 0 aliphatic rings. The van der Waals surface area contributed by atoms with Crippen molar-refractivity contribution in [2.45, 2.75) is 0 Å². The lowest BCUT2D eigenvalue weighted by Gasteiger charge is -2.11. The molecule has 1 amide bonds. The average Bonchev–Trinajstić information content (AvgIpc) is 2.72. The van der Waals surface area contributed by atoms with Gasteiger partial charge in [-0.2, -0.15) is 0 Å². The van der Waals surface area contributed by atoms with Crippen LogP contribution in [0.3, 0.4) is 0 Å². The summed E-state index contributed by atoms with van der Waals surface area (Å²) in [6.07, 6.45) is 0. The lowest BCUT2D eigenvalue weighted by atomic mass is 10.3. The Hall–Kier alpha value is -2.99. The van der Waals surface area contributed by atoms with Gasteiger partial charge in [-0.05, 0) is 48.5 Å². The number of halogens is 1. The van der Waals surface area contributed by atoms with Gasteiger partial charge in [0.2, 0.25) is 0 Å². The van der Waals surface area contributed by atoms with E-state index in [1.54, 1.807) is 24.3 Å². The summed E-state index contributed by atoms with van der Waals surface area (Å²) in [6.45, 7) is 0.762. The number of nitrogens with one attached hydrogen (secondary N) is 1. The molecule has 0 atom stereocenters. The van der Waals surface area contributed by atoms with Crippen molar-refractivity contribution in [3.63, 3.8) is 0 Å². The van der Waals surface area contributed by atoms with Gasteiger partial charge in [-0.25, -0.2) is 0 Å². The van der Waals surface area contributed by atoms with Crippen LogP contribution in [0.1, 0.15) is 0 Å². The number of benzene rings is 3. The van der Waals surface area contributed by atoms with Crippen molar-refractivity contribution in [1.82, 2.24) is 0 Å².